The Bertz CT molecular complexity index is 1690. The zero-order valence-electron chi connectivity index (χ0n) is 24.9. The maximum Gasteiger partial charge on any atom is 0.331 e. The van der Waals surface area contributed by atoms with Gasteiger partial charge in [0.25, 0.3) is 0 Å². The van der Waals surface area contributed by atoms with Gasteiger partial charge in [0, 0.05) is 47.9 Å². The van der Waals surface area contributed by atoms with Crippen LogP contribution in [0.2, 0.25) is 0 Å². The summed E-state index contributed by atoms with van der Waals surface area (Å²) in [5.74, 6) is 0.0931. The third-order valence-corrected chi connectivity index (χ3v) is 7.92. The quantitative estimate of drug-likeness (QED) is 0.219. The van der Waals surface area contributed by atoms with Gasteiger partial charge in [-0.15, -0.1) is 5.10 Å². The summed E-state index contributed by atoms with van der Waals surface area (Å²) in [4.78, 5) is 38.6. The van der Waals surface area contributed by atoms with Crippen molar-refractivity contribution >= 4 is 34.8 Å². The first-order valence-electron chi connectivity index (χ1n) is 14.4. The predicted octanol–water partition coefficient (Wildman–Crippen LogP) is 4.03. The third-order valence-electron chi connectivity index (χ3n) is 7.92. The van der Waals surface area contributed by atoms with E-state index in [1.54, 1.807) is 29.1 Å². The Morgan fingerprint density at radius 3 is 2.64 bits per heavy atom. The number of hydrogen-bond acceptors (Lipinski definition) is 7. The Morgan fingerprint density at radius 2 is 1.95 bits per heavy atom. The molecule has 2 aliphatic rings. The fourth-order valence-corrected chi connectivity index (χ4v) is 5.43. The summed E-state index contributed by atoms with van der Waals surface area (Å²) in [6.07, 6.45) is 8.27. The van der Waals surface area contributed by atoms with Crippen LogP contribution in [0.25, 0.3) is 27.6 Å². The SMILES string of the molecule is COC(=O)C1(NC=O)CC1.COc1ccccc1-c1cc(C2=CCCN(C(=O)CCn3ccnn3)C2)c(F)c2[nH]c(C)cc12. The number of rotatable bonds is 9. The minimum Gasteiger partial charge on any atom is -0.496 e. The highest BCUT2D eigenvalue weighted by atomic mass is 19.1. The number of fused-ring (bicyclic) bond motifs is 1. The molecule has 0 saturated heterocycles. The highest BCUT2D eigenvalue weighted by Gasteiger charge is 2.51. The summed E-state index contributed by atoms with van der Waals surface area (Å²) in [6.45, 7) is 3.36. The van der Waals surface area contributed by atoms with Gasteiger partial charge in [-0.05, 0) is 55.5 Å². The van der Waals surface area contributed by atoms with Crippen LogP contribution in [0.4, 0.5) is 4.39 Å². The smallest absolute Gasteiger partial charge is 0.331 e. The second kappa shape index (κ2) is 13.1. The molecule has 2 aromatic carbocycles. The van der Waals surface area contributed by atoms with Crippen molar-refractivity contribution in [3.8, 4) is 16.9 Å². The number of esters is 1. The van der Waals surface area contributed by atoms with Crippen LogP contribution in [0.5, 0.6) is 5.75 Å². The van der Waals surface area contributed by atoms with Crippen molar-refractivity contribution in [2.24, 2.45) is 0 Å². The van der Waals surface area contributed by atoms with Crippen LogP contribution in [-0.2, 0) is 25.7 Å². The Kier molecular flexibility index (Phi) is 9.07. The van der Waals surface area contributed by atoms with Gasteiger partial charge < -0.3 is 24.7 Å². The highest BCUT2D eigenvalue weighted by Crippen LogP contribution is 2.40. The van der Waals surface area contributed by atoms with Crippen LogP contribution < -0.4 is 10.1 Å². The summed E-state index contributed by atoms with van der Waals surface area (Å²) < 4.78 is 27.5. The van der Waals surface area contributed by atoms with Gasteiger partial charge in [0.05, 0.1) is 32.5 Å². The fourth-order valence-electron chi connectivity index (χ4n) is 5.43. The van der Waals surface area contributed by atoms with Crippen molar-refractivity contribution in [1.82, 2.24) is 30.2 Å². The topological polar surface area (TPSA) is 131 Å². The molecule has 2 N–H and O–H groups in total. The van der Waals surface area contributed by atoms with Crippen LogP contribution in [0, 0.1) is 12.7 Å². The summed E-state index contributed by atoms with van der Waals surface area (Å²) in [7, 11) is 2.95. The van der Waals surface area contributed by atoms with E-state index in [0.717, 1.165) is 33.5 Å². The number of halogens is 1. The summed E-state index contributed by atoms with van der Waals surface area (Å²) in [5.41, 5.74) is 3.77. The number of para-hydroxylation sites is 1. The molecule has 0 unspecified atom stereocenters. The first-order chi connectivity index (χ1) is 21.3. The number of amides is 2. The molecule has 4 aromatic rings. The van der Waals surface area contributed by atoms with Gasteiger partial charge in [0.15, 0.2) is 5.82 Å². The van der Waals surface area contributed by atoms with Gasteiger partial charge in [0.2, 0.25) is 12.3 Å². The van der Waals surface area contributed by atoms with Crippen LogP contribution in [0.15, 0.2) is 54.9 Å². The molecule has 1 aliphatic carbocycles. The molecule has 0 bridgehead atoms. The molecule has 3 heterocycles. The standard InChI is InChI=1S/C26H26FN5O2.C6H9NO3/c1-17-14-22-21(19-7-3-4-8-23(19)34-2)15-20(25(27)26(22)29-17)18-6-5-11-31(16-18)24(33)9-12-32-13-10-28-30-32;1-10-5(9)6(2-3-6)7-4-8/h3-4,6-8,10,13-15,29H,5,9,11-12,16H2,1-2H3;4H,2-3H2,1H3,(H,7,8). The van der Waals surface area contributed by atoms with Gasteiger partial charge in [-0.3, -0.25) is 14.3 Å². The highest BCUT2D eigenvalue weighted by molar-refractivity contribution is 6.00. The molecule has 6 rings (SSSR count). The average Bonchev–Trinajstić information content (AvgIpc) is 3.43. The largest absolute Gasteiger partial charge is 0.496 e. The number of hydrogen-bond donors (Lipinski definition) is 2. The van der Waals surface area contributed by atoms with E-state index in [4.69, 9.17) is 4.74 Å². The lowest BCUT2D eigenvalue weighted by Crippen LogP contribution is -2.39. The Balaban J connectivity index is 0.000000328. The molecule has 12 heteroatoms. The molecule has 0 atom stereocenters. The maximum absolute atomic E-state index is 15.8. The second-order valence-corrected chi connectivity index (χ2v) is 10.8. The number of H-pyrrole nitrogens is 1. The monoisotopic (exact) mass is 602 g/mol. The van der Waals surface area contributed by atoms with Crippen LogP contribution >= 0.6 is 0 Å². The van der Waals surface area contributed by atoms with Gasteiger partial charge in [-0.25, -0.2) is 9.18 Å². The molecule has 44 heavy (non-hydrogen) atoms. The van der Waals surface area contributed by atoms with Crippen molar-refractivity contribution in [2.75, 3.05) is 27.3 Å². The van der Waals surface area contributed by atoms with E-state index in [0.29, 0.717) is 62.8 Å². The molecule has 1 aliphatic heterocycles. The van der Waals surface area contributed by atoms with Crippen LogP contribution in [-0.4, -0.2) is 76.0 Å². The predicted molar refractivity (Wildman–Crippen MR) is 162 cm³/mol. The summed E-state index contributed by atoms with van der Waals surface area (Å²) in [6, 6.07) is 11.6. The average molecular weight is 603 g/mol. The van der Waals surface area contributed by atoms with Gasteiger partial charge >= 0.3 is 5.97 Å². The van der Waals surface area contributed by atoms with E-state index in [9.17, 15) is 14.4 Å². The van der Waals surface area contributed by atoms with Crippen molar-refractivity contribution in [3.05, 3.63) is 71.9 Å². The van der Waals surface area contributed by atoms with Crippen molar-refractivity contribution in [1.29, 1.82) is 0 Å². The van der Waals surface area contributed by atoms with Gasteiger partial charge in [-0.1, -0.05) is 29.5 Å². The number of benzene rings is 2. The minimum atomic E-state index is -0.670. The number of aromatic nitrogens is 4. The van der Waals surface area contributed by atoms with E-state index in [1.807, 2.05) is 49.4 Å². The number of ether oxygens (including phenoxy) is 2. The van der Waals surface area contributed by atoms with Crippen LogP contribution in [0.3, 0.4) is 0 Å². The minimum absolute atomic E-state index is 0.0169. The number of carbonyl (C=O) groups excluding carboxylic acids is 3. The molecule has 11 nitrogen and oxygen atoms in total. The first-order valence-corrected chi connectivity index (χ1v) is 14.4. The van der Waals surface area contributed by atoms with E-state index in [-0.39, 0.29) is 17.7 Å². The van der Waals surface area contributed by atoms with E-state index >= 15 is 4.39 Å². The summed E-state index contributed by atoms with van der Waals surface area (Å²) >= 11 is 0. The van der Waals surface area contributed by atoms with Gasteiger partial charge in [0.1, 0.15) is 11.3 Å². The van der Waals surface area contributed by atoms with E-state index < -0.39 is 5.54 Å². The molecule has 0 radical (unpaired) electrons. The zero-order chi connectivity index (χ0) is 31.3. The molecule has 2 amide bonds. The lowest BCUT2D eigenvalue weighted by atomic mass is 9.93. The second-order valence-electron chi connectivity index (χ2n) is 10.8. The normalized spacial score (nSPS) is 15.1. The van der Waals surface area contributed by atoms with Crippen LogP contribution in [0.1, 0.15) is 36.9 Å². The molecule has 230 valence electrons. The zero-order valence-corrected chi connectivity index (χ0v) is 24.9. The van der Waals surface area contributed by atoms with E-state index in [2.05, 4.69) is 25.3 Å². The Morgan fingerprint density at radius 1 is 1.16 bits per heavy atom. The molecule has 1 fully saturated rings. The Hall–Kier alpha value is -5.00. The van der Waals surface area contributed by atoms with E-state index in [1.165, 1.54) is 7.11 Å². The number of nitrogens with one attached hydrogen (secondary N) is 2. The Labute approximate surface area is 254 Å². The summed E-state index contributed by atoms with van der Waals surface area (Å²) in [5, 5.41) is 10.9. The van der Waals surface area contributed by atoms with Gasteiger partial charge in [-0.2, -0.15) is 0 Å². The number of methoxy groups -OCH3 is 2. The third kappa shape index (κ3) is 6.34. The molecule has 2 aromatic heterocycles. The maximum atomic E-state index is 15.8. The molecular weight excluding hydrogens is 567 g/mol. The van der Waals surface area contributed by atoms with Crippen molar-refractivity contribution < 1.29 is 28.2 Å². The first kappa shape index (κ1) is 30.5. The molecule has 0 spiro atoms. The lowest BCUT2D eigenvalue weighted by molar-refractivity contribution is -0.145. The lowest BCUT2D eigenvalue weighted by Gasteiger charge is -2.28. The number of aromatic amines is 1. The van der Waals surface area contributed by atoms with Crippen molar-refractivity contribution in [3.63, 3.8) is 0 Å². The number of nitrogens with zero attached hydrogens (tertiary/aromatic N) is 4. The molecular formula is C32H35FN6O5. The fraction of sp³-hybridized carbons (Fsp3) is 0.344. The number of carbonyl (C=O) groups is 3. The number of aryl methyl sites for hydroxylation is 2. The molecule has 1 saturated carbocycles. The van der Waals surface area contributed by atoms with Crippen molar-refractivity contribution in [2.45, 2.75) is 44.7 Å².